The molecule has 1 aromatic carbocycles. The van der Waals surface area contributed by atoms with E-state index in [1.165, 1.54) is 5.56 Å². The summed E-state index contributed by atoms with van der Waals surface area (Å²) in [6.45, 7) is 3.38. The lowest BCUT2D eigenvalue weighted by Gasteiger charge is -2.25. The van der Waals surface area contributed by atoms with Gasteiger partial charge in [-0.1, -0.05) is 37.3 Å². The highest BCUT2D eigenvalue weighted by atomic mass is 16.4. The first kappa shape index (κ1) is 13.1. The van der Waals surface area contributed by atoms with Gasteiger partial charge in [0.2, 0.25) is 0 Å². The summed E-state index contributed by atoms with van der Waals surface area (Å²) < 4.78 is 0. The molecule has 0 radical (unpaired) electrons. The minimum absolute atomic E-state index is 0.159. The van der Waals surface area contributed by atoms with Crippen molar-refractivity contribution in [1.29, 1.82) is 0 Å². The average molecular weight is 248 g/mol. The lowest BCUT2D eigenvalue weighted by atomic mass is 9.98. The van der Waals surface area contributed by atoms with Gasteiger partial charge in [-0.15, -0.1) is 0 Å². The predicted molar refractivity (Wildman–Crippen MR) is 70.0 cm³/mol. The maximum atomic E-state index is 11.2. The van der Waals surface area contributed by atoms with Crippen LogP contribution >= 0.6 is 0 Å². The van der Waals surface area contributed by atoms with E-state index in [0.717, 1.165) is 13.0 Å². The summed E-state index contributed by atoms with van der Waals surface area (Å²) in [5.41, 5.74) is 7.26. The van der Waals surface area contributed by atoms with E-state index in [-0.39, 0.29) is 12.1 Å². The van der Waals surface area contributed by atoms with Gasteiger partial charge in [0.05, 0.1) is 5.92 Å². The molecular weight excluding hydrogens is 228 g/mol. The Hall–Kier alpha value is -1.39. The molecule has 1 aliphatic rings. The van der Waals surface area contributed by atoms with Crippen molar-refractivity contribution in [2.45, 2.75) is 32.0 Å². The summed E-state index contributed by atoms with van der Waals surface area (Å²) in [4.78, 5) is 13.4. The Labute approximate surface area is 107 Å². The Morgan fingerprint density at radius 1 is 1.44 bits per heavy atom. The molecule has 3 N–H and O–H groups in total. The highest BCUT2D eigenvalue weighted by Crippen LogP contribution is 2.26. The number of benzene rings is 1. The lowest BCUT2D eigenvalue weighted by molar-refractivity contribution is -0.141. The minimum Gasteiger partial charge on any atom is -0.481 e. The predicted octanol–water partition coefficient (Wildman–Crippen LogP) is 1.31. The van der Waals surface area contributed by atoms with E-state index >= 15 is 0 Å². The zero-order valence-electron chi connectivity index (χ0n) is 10.6. The number of hydrogen-bond donors (Lipinski definition) is 2. The molecule has 0 saturated carbocycles. The molecule has 3 atom stereocenters. The van der Waals surface area contributed by atoms with Crippen LogP contribution in [0.3, 0.4) is 0 Å². The number of aliphatic carboxylic acids is 1. The van der Waals surface area contributed by atoms with E-state index in [9.17, 15) is 9.90 Å². The van der Waals surface area contributed by atoms with Gasteiger partial charge in [0, 0.05) is 25.2 Å². The van der Waals surface area contributed by atoms with Gasteiger partial charge < -0.3 is 10.8 Å². The fourth-order valence-electron chi connectivity index (χ4n) is 2.79. The van der Waals surface area contributed by atoms with E-state index in [1.54, 1.807) is 0 Å². The summed E-state index contributed by atoms with van der Waals surface area (Å²) in [7, 11) is 0. The van der Waals surface area contributed by atoms with Crippen LogP contribution in [0.15, 0.2) is 30.3 Å². The van der Waals surface area contributed by atoms with Gasteiger partial charge in [-0.3, -0.25) is 9.69 Å². The Morgan fingerprint density at radius 2 is 2.11 bits per heavy atom. The van der Waals surface area contributed by atoms with Crippen LogP contribution in [0.4, 0.5) is 0 Å². The number of nitrogens with two attached hydrogens (primary N) is 1. The smallest absolute Gasteiger partial charge is 0.309 e. The molecule has 1 heterocycles. The number of likely N-dealkylation sites (tertiary alicyclic amines) is 1. The van der Waals surface area contributed by atoms with Crippen molar-refractivity contribution in [2.75, 3.05) is 6.54 Å². The molecule has 1 aliphatic heterocycles. The number of carbonyl (C=O) groups is 1. The van der Waals surface area contributed by atoms with Gasteiger partial charge in [0.1, 0.15) is 0 Å². The van der Waals surface area contributed by atoms with Gasteiger partial charge in [0.15, 0.2) is 0 Å². The first-order valence-electron chi connectivity index (χ1n) is 6.39. The second-order valence-corrected chi connectivity index (χ2v) is 4.91. The van der Waals surface area contributed by atoms with Crippen molar-refractivity contribution in [2.24, 2.45) is 11.7 Å². The monoisotopic (exact) mass is 248 g/mol. The van der Waals surface area contributed by atoms with Crippen molar-refractivity contribution < 1.29 is 9.90 Å². The maximum Gasteiger partial charge on any atom is 0.309 e. The van der Waals surface area contributed by atoms with Crippen molar-refractivity contribution in [3.05, 3.63) is 35.9 Å². The van der Waals surface area contributed by atoms with Crippen LogP contribution in [0.5, 0.6) is 0 Å². The SMILES string of the molecule is CCC1C(N)C(C(=O)O)CN1Cc1ccccc1. The summed E-state index contributed by atoms with van der Waals surface area (Å²) in [5.74, 6) is -1.23. The molecule has 1 aromatic rings. The molecule has 0 aromatic heterocycles. The third-order valence-corrected chi connectivity index (χ3v) is 3.77. The van der Waals surface area contributed by atoms with E-state index < -0.39 is 11.9 Å². The fraction of sp³-hybridized carbons (Fsp3) is 0.500. The number of carboxylic acid groups (broad SMARTS) is 1. The first-order valence-corrected chi connectivity index (χ1v) is 6.39. The highest BCUT2D eigenvalue weighted by molar-refractivity contribution is 5.72. The summed E-state index contributed by atoms with van der Waals surface area (Å²) >= 11 is 0. The van der Waals surface area contributed by atoms with Crippen LogP contribution in [-0.4, -0.2) is 34.6 Å². The second kappa shape index (κ2) is 5.50. The van der Waals surface area contributed by atoms with E-state index in [1.807, 2.05) is 18.2 Å². The van der Waals surface area contributed by atoms with Gasteiger partial charge in [-0.05, 0) is 12.0 Å². The van der Waals surface area contributed by atoms with Crippen molar-refractivity contribution >= 4 is 5.97 Å². The zero-order chi connectivity index (χ0) is 13.1. The van der Waals surface area contributed by atoms with Crippen molar-refractivity contribution in [3.8, 4) is 0 Å². The Kier molecular flexibility index (Phi) is 3.99. The number of rotatable bonds is 4. The molecule has 4 nitrogen and oxygen atoms in total. The van der Waals surface area contributed by atoms with Crippen molar-refractivity contribution in [1.82, 2.24) is 4.90 Å². The molecule has 0 bridgehead atoms. The molecule has 0 aliphatic carbocycles. The molecular formula is C14H20N2O2. The molecule has 98 valence electrons. The third-order valence-electron chi connectivity index (χ3n) is 3.77. The average Bonchev–Trinajstić information content (AvgIpc) is 2.67. The molecule has 18 heavy (non-hydrogen) atoms. The normalized spacial score (nSPS) is 28.4. The summed E-state index contributed by atoms with van der Waals surface area (Å²) in [5, 5.41) is 9.17. The number of hydrogen-bond acceptors (Lipinski definition) is 3. The van der Waals surface area contributed by atoms with E-state index in [2.05, 4.69) is 24.0 Å². The van der Waals surface area contributed by atoms with Gasteiger partial charge in [-0.2, -0.15) is 0 Å². The van der Waals surface area contributed by atoms with E-state index in [0.29, 0.717) is 6.54 Å². The highest BCUT2D eigenvalue weighted by Gasteiger charge is 2.42. The van der Waals surface area contributed by atoms with E-state index in [4.69, 9.17) is 5.73 Å². The number of carboxylic acids is 1. The van der Waals surface area contributed by atoms with Gasteiger partial charge >= 0.3 is 5.97 Å². The van der Waals surface area contributed by atoms with Crippen LogP contribution in [-0.2, 0) is 11.3 Å². The van der Waals surface area contributed by atoms with Crippen LogP contribution in [0.2, 0.25) is 0 Å². The zero-order valence-corrected chi connectivity index (χ0v) is 10.6. The Balaban J connectivity index is 2.10. The first-order chi connectivity index (χ1) is 8.63. The molecule has 0 spiro atoms. The Morgan fingerprint density at radius 3 is 2.67 bits per heavy atom. The standard InChI is InChI=1S/C14H20N2O2/c1-2-12-13(15)11(14(17)18)9-16(12)8-10-6-4-3-5-7-10/h3-7,11-13H,2,8-9,15H2,1H3,(H,17,18). The van der Waals surface area contributed by atoms with Crippen molar-refractivity contribution in [3.63, 3.8) is 0 Å². The molecule has 0 amide bonds. The second-order valence-electron chi connectivity index (χ2n) is 4.91. The Bertz CT molecular complexity index is 408. The fourth-order valence-corrected chi connectivity index (χ4v) is 2.79. The summed E-state index contributed by atoms with van der Waals surface area (Å²) in [6.07, 6.45) is 0.887. The quantitative estimate of drug-likeness (QED) is 0.843. The molecule has 1 fully saturated rings. The van der Waals surface area contributed by atoms with Gasteiger partial charge in [0.25, 0.3) is 0 Å². The topological polar surface area (TPSA) is 66.6 Å². The van der Waals surface area contributed by atoms with Crippen LogP contribution in [0.25, 0.3) is 0 Å². The lowest BCUT2D eigenvalue weighted by Crippen LogP contribution is -2.41. The minimum atomic E-state index is -0.781. The summed E-state index contributed by atoms with van der Waals surface area (Å²) in [6, 6.07) is 10.00. The van der Waals surface area contributed by atoms with Crippen LogP contribution < -0.4 is 5.73 Å². The maximum absolute atomic E-state index is 11.2. The molecule has 1 saturated heterocycles. The van der Waals surface area contributed by atoms with Crippen LogP contribution in [0, 0.1) is 5.92 Å². The molecule has 3 unspecified atom stereocenters. The van der Waals surface area contributed by atoms with Gasteiger partial charge in [-0.25, -0.2) is 0 Å². The van der Waals surface area contributed by atoms with Crippen LogP contribution in [0.1, 0.15) is 18.9 Å². The third kappa shape index (κ3) is 2.54. The molecule has 4 heteroatoms. The largest absolute Gasteiger partial charge is 0.481 e. The molecule has 2 rings (SSSR count). The number of nitrogens with zero attached hydrogens (tertiary/aromatic N) is 1.